The van der Waals surface area contributed by atoms with E-state index < -0.39 is 0 Å². The highest BCUT2D eigenvalue weighted by molar-refractivity contribution is 5.27. The lowest BCUT2D eigenvalue weighted by Crippen LogP contribution is -2.07. The van der Waals surface area contributed by atoms with E-state index in [1.54, 1.807) is 0 Å². The van der Waals surface area contributed by atoms with Crippen molar-refractivity contribution in [2.45, 2.75) is 123 Å². The van der Waals surface area contributed by atoms with E-state index in [1.807, 2.05) is 0 Å². The minimum absolute atomic E-state index is 0.647. The molecule has 0 amide bonds. The molecule has 0 aliphatic rings. The molecule has 0 unspecified atom stereocenters. The van der Waals surface area contributed by atoms with Gasteiger partial charge in [0, 0.05) is 6.61 Å². The van der Waals surface area contributed by atoms with E-state index in [-0.39, 0.29) is 0 Å². The molecule has 174 valence electrons. The molecule has 30 heavy (non-hydrogen) atoms. The fourth-order valence-electron chi connectivity index (χ4n) is 3.87. The molecule has 0 bridgehead atoms. The molecule has 1 aromatic rings. The maximum atomic E-state index is 5.81. The van der Waals surface area contributed by atoms with Gasteiger partial charge >= 0.3 is 0 Å². The van der Waals surface area contributed by atoms with Crippen LogP contribution in [-0.4, -0.2) is 19.8 Å². The Bertz CT molecular complexity index is 454. The van der Waals surface area contributed by atoms with Gasteiger partial charge in [0.15, 0.2) is 0 Å². The Labute approximate surface area is 188 Å². The van der Waals surface area contributed by atoms with Crippen molar-refractivity contribution >= 4 is 0 Å². The Balaban J connectivity index is 1.87. The molecule has 0 saturated heterocycles. The van der Waals surface area contributed by atoms with Gasteiger partial charge in [0.1, 0.15) is 12.4 Å². The molecule has 0 spiro atoms. The van der Waals surface area contributed by atoms with E-state index in [2.05, 4.69) is 38.1 Å². The van der Waals surface area contributed by atoms with Crippen LogP contribution in [0.4, 0.5) is 0 Å². The lowest BCUT2D eigenvalue weighted by atomic mass is 10.0. The summed E-state index contributed by atoms with van der Waals surface area (Å²) in [4.78, 5) is 0. The quantitative estimate of drug-likeness (QED) is 0.175. The van der Waals surface area contributed by atoms with Crippen LogP contribution >= 0.6 is 0 Å². The van der Waals surface area contributed by atoms with Gasteiger partial charge in [0.2, 0.25) is 0 Å². The molecule has 0 aliphatic carbocycles. The number of ether oxygens (including phenoxy) is 2. The predicted octanol–water partition coefficient (Wildman–Crippen LogP) is 8.91. The topological polar surface area (TPSA) is 18.5 Å². The summed E-state index contributed by atoms with van der Waals surface area (Å²) in [7, 11) is 0. The SMILES string of the molecule is CCCCCCCCCCCCOCCOc1ccc(CCCCCCCC)cc1. The summed E-state index contributed by atoms with van der Waals surface area (Å²) < 4.78 is 11.5. The molecular formula is C28H50O2. The minimum Gasteiger partial charge on any atom is -0.491 e. The summed E-state index contributed by atoms with van der Waals surface area (Å²) in [6.45, 7) is 6.76. The normalized spacial score (nSPS) is 11.1. The van der Waals surface area contributed by atoms with Crippen LogP contribution in [0.15, 0.2) is 24.3 Å². The van der Waals surface area contributed by atoms with Crippen molar-refractivity contribution in [1.29, 1.82) is 0 Å². The van der Waals surface area contributed by atoms with Crippen LogP contribution < -0.4 is 4.74 Å². The molecule has 0 fully saturated rings. The summed E-state index contributed by atoms with van der Waals surface area (Å²) in [5, 5.41) is 0. The first-order valence-corrected chi connectivity index (χ1v) is 13.2. The highest BCUT2D eigenvalue weighted by atomic mass is 16.5. The van der Waals surface area contributed by atoms with Gasteiger partial charge in [-0.15, -0.1) is 0 Å². The average molecular weight is 419 g/mol. The van der Waals surface area contributed by atoms with Crippen LogP contribution in [0.25, 0.3) is 0 Å². The smallest absolute Gasteiger partial charge is 0.119 e. The van der Waals surface area contributed by atoms with Crippen LogP contribution in [0.1, 0.15) is 122 Å². The standard InChI is InChI=1S/C28H50O2/c1-3-5-7-9-11-12-13-14-16-18-24-29-25-26-30-28-22-20-27(21-23-28)19-17-15-10-8-6-4-2/h20-23H,3-19,24-26H2,1-2H3. The van der Waals surface area contributed by atoms with Gasteiger partial charge in [-0.3, -0.25) is 0 Å². The third-order valence-electron chi connectivity index (χ3n) is 5.88. The molecule has 0 heterocycles. The monoisotopic (exact) mass is 418 g/mol. The van der Waals surface area contributed by atoms with Crippen molar-refractivity contribution in [3.8, 4) is 5.75 Å². The molecular weight excluding hydrogens is 368 g/mol. The Morgan fingerprint density at radius 2 is 1.00 bits per heavy atom. The van der Waals surface area contributed by atoms with Crippen LogP contribution in [0, 0.1) is 0 Å². The number of hydrogen-bond donors (Lipinski definition) is 0. The third-order valence-corrected chi connectivity index (χ3v) is 5.88. The summed E-state index contributed by atoms with van der Waals surface area (Å²) in [5.41, 5.74) is 1.43. The maximum Gasteiger partial charge on any atom is 0.119 e. The van der Waals surface area contributed by atoms with E-state index in [9.17, 15) is 0 Å². The van der Waals surface area contributed by atoms with Crippen LogP contribution in [0.3, 0.4) is 0 Å². The minimum atomic E-state index is 0.647. The second kappa shape index (κ2) is 21.2. The van der Waals surface area contributed by atoms with Gasteiger partial charge in [-0.2, -0.15) is 0 Å². The van der Waals surface area contributed by atoms with E-state index >= 15 is 0 Å². The van der Waals surface area contributed by atoms with Crippen molar-refractivity contribution in [2.75, 3.05) is 19.8 Å². The third kappa shape index (κ3) is 16.7. The Morgan fingerprint density at radius 1 is 0.500 bits per heavy atom. The molecule has 1 rings (SSSR count). The molecule has 0 saturated carbocycles. The van der Waals surface area contributed by atoms with Gasteiger partial charge in [0.05, 0.1) is 6.61 Å². The predicted molar refractivity (Wildman–Crippen MR) is 132 cm³/mol. The second-order valence-corrected chi connectivity index (χ2v) is 8.80. The summed E-state index contributed by atoms with van der Waals surface area (Å²) in [6.07, 6.45) is 23.0. The fraction of sp³-hybridized carbons (Fsp3) is 0.786. The van der Waals surface area contributed by atoms with Crippen LogP contribution in [-0.2, 0) is 11.2 Å². The number of aryl methyl sites for hydroxylation is 1. The number of rotatable bonds is 22. The summed E-state index contributed by atoms with van der Waals surface area (Å²) in [5.74, 6) is 0.962. The van der Waals surface area contributed by atoms with Gasteiger partial charge in [-0.1, -0.05) is 116 Å². The van der Waals surface area contributed by atoms with Crippen molar-refractivity contribution in [3.05, 3.63) is 29.8 Å². The first-order chi connectivity index (χ1) is 14.9. The molecule has 1 aromatic carbocycles. The molecule has 0 aromatic heterocycles. The highest BCUT2D eigenvalue weighted by Gasteiger charge is 1.98. The molecule has 0 N–H and O–H groups in total. The molecule has 2 nitrogen and oxygen atoms in total. The zero-order chi connectivity index (χ0) is 21.5. The summed E-state index contributed by atoms with van der Waals surface area (Å²) >= 11 is 0. The van der Waals surface area contributed by atoms with Crippen LogP contribution in [0.5, 0.6) is 5.75 Å². The molecule has 0 aliphatic heterocycles. The zero-order valence-corrected chi connectivity index (χ0v) is 20.3. The van der Waals surface area contributed by atoms with Crippen molar-refractivity contribution in [1.82, 2.24) is 0 Å². The lowest BCUT2D eigenvalue weighted by molar-refractivity contribution is 0.0970. The molecule has 0 atom stereocenters. The molecule has 0 radical (unpaired) electrons. The number of hydrogen-bond acceptors (Lipinski definition) is 2. The van der Waals surface area contributed by atoms with E-state index in [0.717, 1.165) is 12.4 Å². The average Bonchev–Trinajstić information content (AvgIpc) is 2.77. The fourth-order valence-corrected chi connectivity index (χ4v) is 3.87. The van der Waals surface area contributed by atoms with Crippen molar-refractivity contribution < 1.29 is 9.47 Å². The van der Waals surface area contributed by atoms with Gasteiger partial charge < -0.3 is 9.47 Å². The second-order valence-electron chi connectivity index (χ2n) is 8.80. The first kappa shape index (κ1) is 27.0. The van der Waals surface area contributed by atoms with Gasteiger partial charge in [0.25, 0.3) is 0 Å². The van der Waals surface area contributed by atoms with Crippen molar-refractivity contribution in [2.24, 2.45) is 0 Å². The van der Waals surface area contributed by atoms with Crippen LogP contribution in [0.2, 0.25) is 0 Å². The Morgan fingerprint density at radius 3 is 1.57 bits per heavy atom. The van der Waals surface area contributed by atoms with Crippen molar-refractivity contribution in [3.63, 3.8) is 0 Å². The first-order valence-electron chi connectivity index (χ1n) is 13.2. The Hall–Kier alpha value is -1.02. The summed E-state index contributed by atoms with van der Waals surface area (Å²) in [6, 6.07) is 8.64. The van der Waals surface area contributed by atoms with E-state index in [1.165, 1.54) is 115 Å². The highest BCUT2D eigenvalue weighted by Crippen LogP contribution is 2.15. The molecule has 2 heteroatoms. The van der Waals surface area contributed by atoms with Gasteiger partial charge in [-0.25, -0.2) is 0 Å². The largest absolute Gasteiger partial charge is 0.491 e. The number of benzene rings is 1. The van der Waals surface area contributed by atoms with E-state index in [0.29, 0.717) is 13.2 Å². The van der Waals surface area contributed by atoms with Gasteiger partial charge in [-0.05, 0) is 37.0 Å². The number of unbranched alkanes of at least 4 members (excludes halogenated alkanes) is 14. The zero-order valence-electron chi connectivity index (χ0n) is 20.3. The Kier molecular flexibility index (Phi) is 19.1. The van der Waals surface area contributed by atoms with E-state index in [4.69, 9.17) is 9.47 Å². The maximum absolute atomic E-state index is 5.81. The lowest BCUT2D eigenvalue weighted by Gasteiger charge is -2.08.